The third-order valence-electron chi connectivity index (χ3n) is 3.85. The molecule has 1 saturated carbocycles. The Labute approximate surface area is 117 Å². The Bertz CT molecular complexity index is 573. The number of nitrogens with one attached hydrogen (secondary N) is 2. The Balaban J connectivity index is 2.08. The third kappa shape index (κ3) is 3.18. The van der Waals surface area contributed by atoms with E-state index < -0.39 is 16.0 Å². The summed E-state index contributed by atoms with van der Waals surface area (Å²) in [5.74, 6) is -0.647. The van der Waals surface area contributed by atoms with Gasteiger partial charge in [-0.2, -0.15) is 5.10 Å². The summed E-state index contributed by atoms with van der Waals surface area (Å²) < 4.78 is 27.0. The van der Waals surface area contributed by atoms with Crippen LogP contribution in [-0.2, 0) is 10.0 Å². The zero-order valence-electron chi connectivity index (χ0n) is 11.3. The predicted molar refractivity (Wildman–Crippen MR) is 71.9 cm³/mol. The smallest absolute Gasteiger partial charge is 0.340 e. The Morgan fingerprint density at radius 2 is 2.10 bits per heavy atom. The fourth-order valence-electron chi connectivity index (χ4n) is 2.60. The molecule has 0 radical (unpaired) electrons. The molecule has 1 heterocycles. The summed E-state index contributed by atoms with van der Waals surface area (Å²) >= 11 is 0. The van der Waals surface area contributed by atoms with Crippen molar-refractivity contribution >= 4 is 16.0 Å². The molecule has 0 aromatic carbocycles. The Morgan fingerprint density at radius 3 is 2.65 bits per heavy atom. The van der Waals surface area contributed by atoms with Gasteiger partial charge in [0.1, 0.15) is 5.56 Å². The summed E-state index contributed by atoms with van der Waals surface area (Å²) in [5, 5.41) is 14.3. The van der Waals surface area contributed by atoms with Gasteiger partial charge in [-0.05, 0) is 31.6 Å². The molecule has 1 aliphatic rings. The third-order valence-corrected chi connectivity index (χ3v) is 5.34. The molecule has 0 bridgehead atoms. The summed E-state index contributed by atoms with van der Waals surface area (Å²) in [5.41, 5.74) is -0.334. The average Bonchev–Trinajstić information content (AvgIpc) is 2.89. The van der Waals surface area contributed by atoms with Gasteiger partial charge >= 0.3 is 5.97 Å². The molecule has 0 unspecified atom stereocenters. The highest BCUT2D eigenvalue weighted by Gasteiger charge is 2.29. The van der Waals surface area contributed by atoms with E-state index in [1.165, 1.54) is 0 Å². The van der Waals surface area contributed by atoms with E-state index in [1.807, 2.05) is 0 Å². The lowest BCUT2D eigenvalue weighted by Gasteiger charge is -2.28. The second-order valence-corrected chi connectivity index (χ2v) is 6.82. The molecule has 0 amide bonds. The monoisotopic (exact) mass is 301 g/mol. The number of carbonyl (C=O) groups is 1. The first-order valence-electron chi connectivity index (χ1n) is 6.73. The van der Waals surface area contributed by atoms with Crippen molar-refractivity contribution in [1.29, 1.82) is 0 Å². The molecule has 1 aromatic heterocycles. The van der Waals surface area contributed by atoms with E-state index in [0.717, 1.165) is 38.3 Å². The molecule has 3 N–H and O–H groups in total. The van der Waals surface area contributed by atoms with Gasteiger partial charge in [-0.25, -0.2) is 17.9 Å². The van der Waals surface area contributed by atoms with Crippen LogP contribution in [-0.4, -0.2) is 35.7 Å². The van der Waals surface area contributed by atoms with Crippen molar-refractivity contribution in [3.8, 4) is 0 Å². The van der Waals surface area contributed by atoms with Gasteiger partial charge in [-0.15, -0.1) is 0 Å². The number of carboxylic acid groups (broad SMARTS) is 1. The Morgan fingerprint density at radius 1 is 1.45 bits per heavy atom. The molecule has 1 fully saturated rings. The van der Waals surface area contributed by atoms with Crippen LogP contribution in [0.2, 0.25) is 0 Å². The molecular weight excluding hydrogens is 282 g/mol. The van der Waals surface area contributed by atoms with Crippen molar-refractivity contribution in [3.63, 3.8) is 0 Å². The van der Waals surface area contributed by atoms with Crippen LogP contribution in [0.4, 0.5) is 0 Å². The number of aromatic carboxylic acids is 1. The first-order valence-corrected chi connectivity index (χ1v) is 8.21. The molecule has 2 rings (SSSR count). The van der Waals surface area contributed by atoms with E-state index in [9.17, 15) is 13.2 Å². The lowest BCUT2D eigenvalue weighted by Crippen LogP contribution is -2.38. The lowest BCUT2D eigenvalue weighted by atomic mass is 9.85. The summed E-state index contributed by atoms with van der Waals surface area (Å²) in [6.45, 7) is 2.14. The van der Waals surface area contributed by atoms with Crippen LogP contribution in [0.15, 0.2) is 11.2 Å². The number of aromatic amines is 1. The molecule has 0 atom stereocenters. The van der Waals surface area contributed by atoms with Gasteiger partial charge in [-0.1, -0.05) is 13.3 Å². The molecule has 20 heavy (non-hydrogen) atoms. The number of carboxylic acids is 1. The number of rotatable bonds is 5. The van der Waals surface area contributed by atoms with E-state index >= 15 is 0 Å². The van der Waals surface area contributed by atoms with E-state index in [0.29, 0.717) is 5.92 Å². The maximum absolute atomic E-state index is 12.2. The van der Waals surface area contributed by atoms with Crippen LogP contribution in [0.1, 0.15) is 49.4 Å². The summed E-state index contributed by atoms with van der Waals surface area (Å²) in [4.78, 5) is 11.0. The second-order valence-electron chi connectivity index (χ2n) is 5.17. The molecule has 8 heteroatoms. The lowest BCUT2D eigenvalue weighted by molar-refractivity contribution is 0.0692. The highest BCUT2D eigenvalue weighted by atomic mass is 32.2. The van der Waals surface area contributed by atoms with E-state index in [1.54, 1.807) is 0 Å². The molecule has 0 aliphatic heterocycles. The normalized spacial score (nSPS) is 23.6. The zero-order valence-corrected chi connectivity index (χ0v) is 12.1. The molecule has 1 aromatic rings. The number of hydrogen-bond donors (Lipinski definition) is 3. The summed E-state index contributed by atoms with van der Waals surface area (Å²) in [6.07, 6.45) is 5.69. The minimum Gasteiger partial charge on any atom is -0.478 e. The highest BCUT2D eigenvalue weighted by Crippen LogP contribution is 2.27. The van der Waals surface area contributed by atoms with E-state index in [2.05, 4.69) is 21.8 Å². The standard InChI is InChI=1S/C12H19N3O4S/c1-2-8-3-5-9(6-4-8)15-20(18,19)11-10(12(16)17)7-13-14-11/h7-9,15H,2-6H2,1H3,(H,13,14)(H,16,17). The fourth-order valence-corrected chi connectivity index (χ4v) is 3.99. The number of nitrogens with zero attached hydrogens (tertiary/aromatic N) is 1. The van der Waals surface area contributed by atoms with Crippen LogP contribution in [0, 0.1) is 5.92 Å². The SMILES string of the molecule is CCC1CCC(NS(=O)(=O)c2[nH]ncc2C(=O)O)CC1. The van der Waals surface area contributed by atoms with Crippen molar-refractivity contribution < 1.29 is 18.3 Å². The van der Waals surface area contributed by atoms with Crippen molar-refractivity contribution in [2.45, 2.75) is 50.1 Å². The Hall–Kier alpha value is -1.41. The van der Waals surface area contributed by atoms with Gasteiger partial charge in [0.15, 0.2) is 5.03 Å². The van der Waals surface area contributed by atoms with Crippen LogP contribution in [0.5, 0.6) is 0 Å². The maximum atomic E-state index is 12.2. The van der Waals surface area contributed by atoms with Crippen molar-refractivity contribution in [1.82, 2.24) is 14.9 Å². The first-order chi connectivity index (χ1) is 9.44. The van der Waals surface area contributed by atoms with Gasteiger partial charge in [0.05, 0.1) is 6.20 Å². The quantitative estimate of drug-likeness (QED) is 0.760. The molecule has 0 spiro atoms. The number of aromatic nitrogens is 2. The highest BCUT2D eigenvalue weighted by molar-refractivity contribution is 7.89. The van der Waals surface area contributed by atoms with Gasteiger partial charge in [0.2, 0.25) is 0 Å². The van der Waals surface area contributed by atoms with Crippen molar-refractivity contribution in [2.75, 3.05) is 0 Å². The van der Waals surface area contributed by atoms with Gasteiger partial charge < -0.3 is 5.11 Å². The number of hydrogen-bond acceptors (Lipinski definition) is 4. The molecule has 0 saturated heterocycles. The molecule has 7 nitrogen and oxygen atoms in total. The van der Waals surface area contributed by atoms with Gasteiger partial charge in [0, 0.05) is 6.04 Å². The van der Waals surface area contributed by atoms with Crippen molar-refractivity contribution in [3.05, 3.63) is 11.8 Å². The Kier molecular flexibility index (Phi) is 4.44. The van der Waals surface area contributed by atoms with E-state index in [4.69, 9.17) is 5.11 Å². The number of H-pyrrole nitrogens is 1. The second kappa shape index (κ2) is 5.92. The first kappa shape index (κ1) is 15.0. The largest absolute Gasteiger partial charge is 0.478 e. The minimum atomic E-state index is -3.87. The summed E-state index contributed by atoms with van der Waals surface area (Å²) in [7, 11) is -3.87. The van der Waals surface area contributed by atoms with Gasteiger partial charge in [-0.3, -0.25) is 5.10 Å². The van der Waals surface area contributed by atoms with Crippen LogP contribution in [0.25, 0.3) is 0 Å². The summed E-state index contributed by atoms with van der Waals surface area (Å²) in [6, 6.07) is -0.132. The van der Waals surface area contributed by atoms with Crippen LogP contribution < -0.4 is 4.72 Å². The number of sulfonamides is 1. The zero-order chi connectivity index (χ0) is 14.8. The average molecular weight is 301 g/mol. The maximum Gasteiger partial charge on any atom is 0.340 e. The van der Waals surface area contributed by atoms with Gasteiger partial charge in [0.25, 0.3) is 10.0 Å². The topological polar surface area (TPSA) is 112 Å². The molecule has 112 valence electrons. The van der Waals surface area contributed by atoms with E-state index in [-0.39, 0.29) is 16.6 Å². The minimum absolute atomic E-state index is 0.132. The van der Waals surface area contributed by atoms with Crippen LogP contribution >= 0.6 is 0 Å². The predicted octanol–water partition coefficient (Wildman–Crippen LogP) is 1.35. The molecular formula is C12H19N3O4S. The van der Waals surface area contributed by atoms with Crippen molar-refractivity contribution in [2.24, 2.45) is 5.92 Å². The fraction of sp³-hybridized carbons (Fsp3) is 0.667. The van der Waals surface area contributed by atoms with Crippen LogP contribution in [0.3, 0.4) is 0 Å². The molecule has 1 aliphatic carbocycles.